The minimum absolute atomic E-state index is 0.417. The number of nitrogens with zero attached hydrogens (tertiary/aromatic N) is 5. The van der Waals surface area contributed by atoms with Crippen molar-refractivity contribution in [1.29, 1.82) is 0 Å². The Bertz CT molecular complexity index is 419. The van der Waals surface area contributed by atoms with Crippen LogP contribution in [0.3, 0.4) is 0 Å². The number of aryl methyl sites for hydroxylation is 1. The van der Waals surface area contributed by atoms with Crippen molar-refractivity contribution in [2.45, 2.75) is 20.0 Å². The third-order valence-electron chi connectivity index (χ3n) is 1.85. The van der Waals surface area contributed by atoms with E-state index in [2.05, 4.69) is 19.9 Å². The third-order valence-corrected chi connectivity index (χ3v) is 2.65. The van der Waals surface area contributed by atoms with Gasteiger partial charge in [-0.25, -0.2) is 4.68 Å². The van der Waals surface area contributed by atoms with Crippen LogP contribution in [0.1, 0.15) is 16.3 Å². The van der Waals surface area contributed by atoms with Crippen molar-refractivity contribution in [2.24, 2.45) is 5.73 Å². The summed E-state index contributed by atoms with van der Waals surface area (Å²) >= 11 is 1.38. The summed E-state index contributed by atoms with van der Waals surface area (Å²) in [5, 5.41) is 11.8. The van der Waals surface area contributed by atoms with Gasteiger partial charge in [-0.2, -0.15) is 0 Å². The molecule has 2 N–H and O–H groups in total. The lowest BCUT2D eigenvalue weighted by atomic mass is 10.4. The Labute approximate surface area is 84.9 Å². The summed E-state index contributed by atoms with van der Waals surface area (Å²) in [6, 6.07) is 0. The molecule has 0 atom stereocenters. The highest BCUT2D eigenvalue weighted by molar-refractivity contribution is 7.05. The van der Waals surface area contributed by atoms with Crippen molar-refractivity contribution >= 4 is 11.5 Å². The van der Waals surface area contributed by atoms with E-state index in [0.717, 1.165) is 16.3 Å². The molecule has 6 nitrogen and oxygen atoms in total. The van der Waals surface area contributed by atoms with Crippen LogP contribution in [0.5, 0.6) is 0 Å². The zero-order valence-corrected chi connectivity index (χ0v) is 8.53. The van der Waals surface area contributed by atoms with Crippen LogP contribution in [0.2, 0.25) is 0 Å². The molecule has 0 aliphatic carbocycles. The zero-order valence-electron chi connectivity index (χ0n) is 7.71. The summed E-state index contributed by atoms with van der Waals surface area (Å²) < 4.78 is 5.59. The molecule has 0 aliphatic heterocycles. The lowest BCUT2D eigenvalue weighted by Crippen LogP contribution is -2.00. The molecule has 0 radical (unpaired) electrons. The van der Waals surface area contributed by atoms with Crippen molar-refractivity contribution in [3.05, 3.63) is 22.5 Å². The van der Waals surface area contributed by atoms with Crippen molar-refractivity contribution in [1.82, 2.24) is 24.6 Å². The van der Waals surface area contributed by atoms with Gasteiger partial charge in [-0.1, -0.05) is 9.70 Å². The van der Waals surface area contributed by atoms with E-state index in [1.54, 1.807) is 4.68 Å². The SMILES string of the molecule is Cc1nnsc1Cn1cc(CN)nn1. The Morgan fingerprint density at radius 1 is 1.50 bits per heavy atom. The number of aromatic nitrogens is 5. The number of rotatable bonds is 3. The largest absolute Gasteiger partial charge is 0.325 e. The summed E-state index contributed by atoms with van der Waals surface area (Å²) in [4.78, 5) is 1.10. The fourth-order valence-electron chi connectivity index (χ4n) is 1.05. The van der Waals surface area contributed by atoms with Gasteiger partial charge in [0.15, 0.2) is 0 Å². The maximum absolute atomic E-state index is 5.43. The molecular weight excluding hydrogens is 200 g/mol. The van der Waals surface area contributed by atoms with Gasteiger partial charge in [0.2, 0.25) is 0 Å². The molecule has 0 bridgehead atoms. The molecule has 0 aromatic carbocycles. The molecule has 0 aliphatic rings. The van der Waals surface area contributed by atoms with Crippen LogP contribution in [0.25, 0.3) is 0 Å². The number of hydrogen-bond donors (Lipinski definition) is 1. The van der Waals surface area contributed by atoms with Crippen LogP contribution < -0.4 is 5.73 Å². The Kier molecular flexibility index (Phi) is 2.51. The van der Waals surface area contributed by atoms with E-state index >= 15 is 0 Å². The maximum Gasteiger partial charge on any atom is 0.0962 e. The van der Waals surface area contributed by atoms with E-state index in [4.69, 9.17) is 5.73 Å². The quantitative estimate of drug-likeness (QED) is 0.767. The second-order valence-electron chi connectivity index (χ2n) is 2.89. The predicted molar refractivity (Wildman–Crippen MR) is 51.7 cm³/mol. The first-order valence-electron chi connectivity index (χ1n) is 4.16. The van der Waals surface area contributed by atoms with E-state index in [9.17, 15) is 0 Å². The molecule has 14 heavy (non-hydrogen) atoms. The van der Waals surface area contributed by atoms with Crippen LogP contribution in [0, 0.1) is 6.92 Å². The first kappa shape index (κ1) is 9.22. The van der Waals surface area contributed by atoms with Crippen LogP contribution in [-0.2, 0) is 13.1 Å². The fraction of sp³-hybridized carbons (Fsp3) is 0.429. The molecule has 7 heteroatoms. The topological polar surface area (TPSA) is 82.5 Å². The van der Waals surface area contributed by atoms with E-state index in [0.29, 0.717) is 13.1 Å². The van der Waals surface area contributed by atoms with Gasteiger partial charge in [-0.15, -0.1) is 10.2 Å². The average molecular weight is 210 g/mol. The second kappa shape index (κ2) is 3.81. The van der Waals surface area contributed by atoms with Crippen LogP contribution in [-0.4, -0.2) is 24.6 Å². The van der Waals surface area contributed by atoms with Crippen molar-refractivity contribution in [3.8, 4) is 0 Å². The van der Waals surface area contributed by atoms with Crippen molar-refractivity contribution in [2.75, 3.05) is 0 Å². The summed E-state index contributed by atoms with van der Waals surface area (Å²) in [7, 11) is 0. The maximum atomic E-state index is 5.43. The van der Waals surface area contributed by atoms with Gasteiger partial charge in [0.1, 0.15) is 0 Å². The highest BCUT2D eigenvalue weighted by Crippen LogP contribution is 2.10. The summed E-state index contributed by atoms with van der Waals surface area (Å²) in [5.74, 6) is 0. The molecule has 74 valence electrons. The minimum atomic E-state index is 0.417. The van der Waals surface area contributed by atoms with Gasteiger partial charge in [0.05, 0.1) is 29.0 Å². The highest BCUT2D eigenvalue weighted by atomic mass is 32.1. The van der Waals surface area contributed by atoms with E-state index in [1.165, 1.54) is 11.5 Å². The zero-order chi connectivity index (χ0) is 9.97. The van der Waals surface area contributed by atoms with Crippen LogP contribution in [0.4, 0.5) is 0 Å². The molecule has 2 heterocycles. The smallest absolute Gasteiger partial charge is 0.0962 e. The molecule has 2 aromatic rings. The molecule has 2 rings (SSSR count). The Morgan fingerprint density at radius 3 is 2.93 bits per heavy atom. The van der Waals surface area contributed by atoms with Crippen molar-refractivity contribution in [3.63, 3.8) is 0 Å². The van der Waals surface area contributed by atoms with Crippen LogP contribution in [0.15, 0.2) is 6.20 Å². The molecule has 0 unspecified atom stereocenters. The van der Waals surface area contributed by atoms with Gasteiger partial charge in [0, 0.05) is 6.54 Å². The lowest BCUT2D eigenvalue weighted by molar-refractivity contribution is 0.652. The highest BCUT2D eigenvalue weighted by Gasteiger charge is 2.05. The van der Waals surface area contributed by atoms with Gasteiger partial charge >= 0.3 is 0 Å². The minimum Gasteiger partial charge on any atom is -0.325 e. The Hall–Kier alpha value is -1.34. The summed E-state index contributed by atoms with van der Waals surface area (Å²) in [6.45, 7) is 3.01. The van der Waals surface area contributed by atoms with Gasteiger partial charge in [0.25, 0.3) is 0 Å². The van der Waals surface area contributed by atoms with Crippen LogP contribution >= 0.6 is 11.5 Å². The molecular formula is C7H10N6S. The normalized spacial score (nSPS) is 10.7. The summed E-state index contributed by atoms with van der Waals surface area (Å²) in [6.07, 6.45) is 1.83. The molecule has 2 aromatic heterocycles. The van der Waals surface area contributed by atoms with E-state index < -0.39 is 0 Å². The number of nitrogens with two attached hydrogens (primary N) is 1. The van der Waals surface area contributed by atoms with Gasteiger partial charge in [-0.05, 0) is 18.5 Å². The average Bonchev–Trinajstić information content (AvgIpc) is 2.77. The first-order chi connectivity index (χ1) is 6.79. The first-order valence-corrected chi connectivity index (χ1v) is 4.94. The van der Waals surface area contributed by atoms with E-state index in [-0.39, 0.29) is 0 Å². The predicted octanol–water partition coefficient (Wildman–Crippen LogP) is -0.0550. The number of hydrogen-bond acceptors (Lipinski definition) is 6. The Balaban J connectivity index is 2.15. The Morgan fingerprint density at radius 2 is 2.36 bits per heavy atom. The second-order valence-corrected chi connectivity index (χ2v) is 3.73. The van der Waals surface area contributed by atoms with Crippen molar-refractivity contribution < 1.29 is 0 Å². The van der Waals surface area contributed by atoms with E-state index in [1.807, 2.05) is 13.1 Å². The molecule has 0 spiro atoms. The third kappa shape index (κ3) is 1.78. The molecule has 0 saturated heterocycles. The monoisotopic (exact) mass is 210 g/mol. The van der Waals surface area contributed by atoms with Gasteiger partial charge < -0.3 is 5.73 Å². The molecule has 0 fully saturated rings. The fourth-order valence-corrected chi connectivity index (χ4v) is 1.68. The molecule has 0 amide bonds. The lowest BCUT2D eigenvalue weighted by Gasteiger charge is -1.95. The van der Waals surface area contributed by atoms with Gasteiger partial charge in [-0.3, -0.25) is 0 Å². The standard InChI is InChI=1S/C7H10N6S/c1-5-7(14-12-9-5)4-13-3-6(2-8)10-11-13/h3H,2,4,8H2,1H3. The summed E-state index contributed by atoms with van der Waals surface area (Å²) in [5.41, 5.74) is 7.16. The molecule has 0 saturated carbocycles.